The van der Waals surface area contributed by atoms with Gasteiger partial charge in [0.05, 0.1) is 13.5 Å². The number of carbonyl (C=O) groups is 1. The van der Waals surface area contributed by atoms with Crippen LogP contribution in [0.5, 0.6) is 5.75 Å². The topological polar surface area (TPSA) is 80.5 Å². The van der Waals surface area contributed by atoms with Crippen LogP contribution in [0.25, 0.3) is 22.5 Å². The lowest BCUT2D eigenvalue weighted by molar-refractivity contribution is -0.115. The number of amides is 1. The number of aromatic nitrogens is 2. The molecule has 5 rings (SSSR count). The maximum Gasteiger partial charge on any atom is 0.228 e. The summed E-state index contributed by atoms with van der Waals surface area (Å²) in [5.74, 6) is 2.39. The van der Waals surface area contributed by atoms with E-state index in [0.717, 1.165) is 64.3 Å². The van der Waals surface area contributed by atoms with E-state index in [0.29, 0.717) is 24.1 Å². The largest absolute Gasteiger partial charge is 0.496 e. The van der Waals surface area contributed by atoms with Gasteiger partial charge in [0.2, 0.25) is 17.6 Å². The number of aryl methyl sites for hydroxylation is 2. The number of methoxy groups -OCH3 is 1. The normalized spacial score (nSPS) is 15.6. The first-order valence-electron chi connectivity index (χ1n) is 12.6. The van der Waals surface area contributed by atoms with Crippen LogP contribution in [0.1, 0.15) is 34.9 Å². The number of benzene rings is 3. The highest BCUT2D eigenvalue weighted by Crippen LogP contribution is 2.35. The Morgan fingerprint density at radius 2 is 1.86 bits per heavy atom. The van der Waals surface area contributed by atoms with Gasteiger partial charge in [0.15, 0.2) is 0 Å². The van der Waals surface area contributed by atoms with Gasteiger partial charge in [-0.25, -0.2) is 0 Å². The van der Waals surface area contributed by atoms with Gasteiger partial charge in [-0.15, -0.1) is 0 Å². The summed E-state index contributed by atoms with van der Waals surface area (Å²) in [5, 5.41) is 7.07. The van der Waals surface area contributed by atoms with Crippen molar-refractivity contribution in [2.75, 3.05) is 32.6 Å². The lowest BCUT2D eigenvalue weighted by Crippen LogP contribution is -2.16. The minimum Gasteiger partial charge on any atom is -0.496 e. The van der Waals surface area contributed by atoms with Crippen LogP contribution in [-0.4, -0.2) is 48.2 Å². The fraction of sp³-hybridized carbons (Fsp3) is 0.300. The molecule has 7 nitrogen and oxygen atoms in total. The Balaban J connectivity index is 1.25. The molecule has 1 saturated heterocycles. The molecule has 1 aromatic heterocycles. The molecule has 0 bridgehead atoms. The second kappa shape index (κ2) is 10.6. The van der Waals surface area contributed by atoms with Gasteiger partial charge in [-0.2, -0.15) is 4.98 Å². The molecule has 1 aliphatic heterocycles. The van der Waals surface area contributed by atoms with Crippen molar-refractivity contribution in [2.45, 2.75) is 32.6 Å². The van der Waals surface area contributed by atoms with Crippen molar-refractivity contribution >= 4 is 11.6 Å². The highest BCUT2D eigenvalue weighted by atomic mass is 16.5. The predicted octanol–water partition coefficient (Wildman–Crippen LogP) is 5.63. The van der Waals surface area contributed by atoms with Gasteiger partial charge >= 0.3 is 0 Å². The summed E-state index contributed by atoms with van der Waals surface area (Å²) >= 11 is 0. The average Bonchev–Trinajstić information content (AvgIpc) is 3.52. The van der Waals surface area contributed by atoms with E-state index in [1.54, 1.807) is 14.0 Å². The van der Waals surface area contributed by atoms with E-state index in [-0.39, 0.29) is 5.91 Å². The summed E-state index contributed by atoms with van der Waals surface area (Å²) in [4.78, 5) is 19.5. The molecule has 1 atom stereocenters. The van der Waals surface area contributed by atoms with Crippen molar-refractivity contribution < 1.29 is 14.1 Å². The lowest BCUT2D eigenvalue weighted by Gasteiger charge is -2.17. The summed E-state index contributed by atoms with van der Waals surface area (Å²) in [6.45, 7) is 5.92. The lowest BCUT2D eigenvalue weighted by atomic mass is 9.96. The van der Waals surface area contributed by atoms with E-state index in [1.807, 2.05) is 30.3 Å². The van der Waals surface area contributed by atoms with Gasteiger partial charge in [0.25, 0.3) is 0 Å². The van der Waals surface area contributed by atoms with Crippen LogP contribution in [0.4, 0.5) is 5.69 Å². The Kier molecular flexibility index (Phi) is 7.06. The molecule has 0 aliphatic carbocycles. The molecule has 0 spiro atoms. The summed E-state index contributed by atoms with van der Waals surface area (Å²) < 4.78 is 10.7. The van der Waals surface area contributed by atoms with E-state index >= 15 is 0 Å². The van der Waals surface area contributed by atoms with Crippen LogP contribution < -0.4 is 10.1 Å². The van der Waals surface area contributed by atoms with E-state index in [1.165, 1.54) is 0 Å². The second-order valence-corrected chi connectivity index (χ2v) is 9.79. The molecule has 1 unspecified atom stereocenters. The third-order valence-electron chi connectivity index (χ3n) is 6.99. The molecule has 37 heavy (non-hydrogen) atoms. The number of nitrogens with zero attached hydrogens (tertiary/aromatic N) is 3. The fourth-order valence-corrected chi connectivity index (χ4v) is 5.06. The van der Waals surface area contributed by atoms with E-state index in [2.05, 4.69) is 64.7 Å². The SMILES string of the molecule is COc1ccc(NC(=O)Cc2ccc(-c3ccc(-c4noc(C)n4)cc3C)cc2)cc1C1CCN(C)C1. The summed E-state index contributed by atoms with van der Waals surface area (Å²) in [5.41, 5.74) is 7.19. The Hall–Kier alpha value is -3.97. The first-order valence-corrected chi connectivity index (χ1v) is 12.6. The Labute approximate surface area is 217 Å². The molecule has 1 amide bonds. The Bertz CT molecular complexity index is 1410. The van der Waals surface area contributed by atoms with Gasteiger partial charge < -0.3 is 19.5 Å². The van der Waals surface area contributed by atoms with Crippen LogP contribution in [-0.2, 0) is 11.2 Å². The molecule has 1 aliphatic rings. The second-order valence-electron chi connectivity index (χ2n) is 9.79. The highest BCUT2D eigenvalue weighted by molar-refractivity contribution is 5.92. The molecule has 1 fully saturated rings. The first-order chi connectivity index (χ1) is 17.9. The number of hydrogen-bond donors (Lipinski definition) is 1. The number of anilines is 1. The molecule has 2 heterocycles. The van der Waals surface area contributed by atoms with Crippen molar-refractivity contribution in [3.8, 4) is 28.3 Å². The van der Waals surface area contributed by atoms with Crippen LogP contribution in [0.2, 0.25) is 0 Å². The number of nitrogens with one attached hydrogen (secondary N) is 1. The maximum atomic E-state index is 12.8. The molecular formula is C30H32N4O3. The highest BCUT2D eigenvalue weighted by Gasteiger charge is 2.24. The molecule has 7 heteroatoms. The summed E-state index contributed by atoms with van der Waals surface area (Å²) in [6, 6.07) is 20.2. The number of carbonyl (C=O) groups excluding carboxylic acids is 1. The van der Waals surface area contributed by atoms with Crippen molar-refractivity contribution in [3.63, 3.8) is 0 Å². The summed E-state index contributed by atoms with van der Waals surface area (Å²) in [6.07, 6.45) is 1.40. The first kappa shape index (κ1) is 24.7. The zero-order valence-electron chi connectivity index (χ0n) is 21.7. The Morgan fingerprint density at radius 3 is 2.51 bits per heavy atom. The van der Waals surface area contributed by atoms with Gasteiger partial charge in [-0.3, -0.25) is 4.79 Å². The number of likely N-dealkylation sites (tertiary alicyclic amines) is 1. The molecule has 3 aromatic carbocycles. The molecule has 190 valence electrons. The van der Waals surface area contributed by atoms with Crippen molar-refractivity contribution in [2.24, 2.45) is 0 Å². The number of likely N-dealkylation sites (N-methyl/N-ethyl adjacent to an activating group) is 1. The van der Waals surface area contributed by atoms with Crippen molar-refractivity contribution in [1.82, 2.24) is 15.0 Å². The van der Waals surface area contributed by atoms with E-state index in [4.69, 9.17) is 9.26 Å². The van der Waals surface area contributed by atoms with Gasteiger partial charge in [0, 0.05) is 36.2 Å². The number of rotatable bonds is 7. The standard InChI is InChI=1S/C30H32N4O3/c1-19-15-23(30-31-20(2)37-33-30)9-11-26(19)22-7-5-21(6-8-22)16-29(35)32-25-10-12-28(36-4)27(17-25)24-13-14-34(3)18-24/h5-12,15,17,24H,13-14,16,18H2,1-4H3,(H,32,35). The zero-order valence-corrected chi connectivity index (χ0v) is 21.7. The van der Waals surface area contributed by atoms with Crippen molar-refractivity contribution in [1.29, 1.82) is 0 Å². The molecular weight excluding hydrogens is 464 g/mol. The minimum absolute atomic E-state index is 0.0386. The zero-order chi connectivity index (χ0) is 25.9. The molecule has 0 saturated carbocycles. The van der Waals surface area contributed by atoms with Crippen LogP contribution in [0.15, 0.2) is 65.2 Å². The van der Waals surface area contributed by atoms with Crippen LogP contribution in [0, 0.1) is 13.8 Å². The third-order valence-corrected chi connectivity index (χ3v) is 6.99. The third kappa shape index (κ3) is 5.57. The van der Waals surface area contributed by atoms with Crippen molar-refractivity contribution in [3.05, 3.63) is 83.2 Å². The van der Waals surface area contributed by atoms with Gasteiger partial charge in [0.1, 0.15) is 5.75 Å². The smallest absolute Gasteiger partial charge is 0.228 e. The molecule has 4 aromatic rings. The monoisotopic (exact) mass is 496 g/mol. The Morgan fingerprint density at radius 1 is 1.08 bits per heavy atom. The van der Waals surface area contributed by atoms with Crippen LogP contribution >= 0.6 is 0 Å². The maximum absolute atomic E-state index is 12.8. The fourth-order valence-electron chi connectivity index (χ4n) is 5.06. The number of hydrogen-bond acceptors (Lipinski definition) is 6. The van der Waals surface area contributed by atoms with E-state index < -0.39 is 0 Å². The summed E-state index contributed by atoms with van der Waals surface area (Å²) in [7, 11) is 3.83. The quantitative estimate of drug-likeness (QED) is 0.357. The van der Waals surface area contributed by atoms with E-state index in [9.17, 15) is 4.79 Å². The van der Waals surface area contributed by atoms with Crippen LogP contribution in [0.3, 0.4) is 0 Å². The molecule has 0 radical (unpaired) electrons. The number of ether oxygens (including phenoxy) is 1. The molecule has 1 N–H and O–H groups in total. The minimum atomic E-state index is -0.0386. The average molecular weight is 497 g/mol. The van der Waals surface area contributed by atoms with Gasteiger partial charge in [-0.05, 0) is 73.5 Å². The van der Waals surface area contributed by atoms with Gasteiger partial charge in [-0.1, -0.05) is 41.6 Å². The predicted molar refractivity (Wildman–Crippen MR) is 145 cm³/mol.